The van der Waals surface area contributed by atoms with Crippen LogP contribution in [0.2, 0.25) is 0 Å². The summed E-state index contributed by atoms with van der Waals surface area (Å²) in [7, 11) is 0. The molecule has 0 fully saturated rings. The van der Waals surface area contributed by atoms with E-state index in [4.69, 9.17) is 0 Å². The predicted octanol–water partition coefficient (Wildman–Crippen LogP) is 2.17. The smallest absolute Gasteiger partial charge is 0.224 e. The van der Waals surface area contributed by atoms with Crippen LogP contribution in [0, 0.1) is 0 Å². The molecule has 0 unspecified atom stereocenters. The number of phenolic OH excluding ortho intramolecular Hbond substituents is 1. The second kappa shape index (κ2) is 7.45. The number of hydrogen-bond donors (Lipinski definition) is 3. The number of phenols is 1. The van der Waals surface area contributed by atoms with E-state index in [0.717, 1.165) is 11.1 Å². The number of aliphatic hydroxyl groups excluding tert-OH is 1. The van der Waals surface area contributed by atoms with Crippen LogP contribution < -0.4 is 5.32 Å². The number of aromatic hydroxyl groups is 1. The maximum Gasteiger partial charge on any atom is 0.224 e. The van der Waals surface area contributed by atoms with Gasteiger partial charge in [0.25, 0.3) is 0 Å². The minimum absolute atomic E-state index is 0.124. The van der Waals surface area contributed by atoms with E-state index in [1.807, 2.05) is 30.3 Å². The van der Waals surface area contributed by atoms with Crippen LogP contribution in [0.25, 0.3) is 0 Å². The molecule has 110 valence electrons. The van der Waals surface area contributed by atoms with Crippen LogP contribution in [-0.4, -0.2) is 22.7 Å². The van der Waals surface area contributed by atoms with Gasteiger partial charge in [-0.1, -0.05) is 42.5 Å². The number of hydrogen-bond acceptors (Lipinski definition) is 3. The highest BCUT2D eigenvalue weighted by Crippen LogP contribution is 2.15. The van der Waals surface area contributed by atoms with Crippen molar-refractivity contribution in [3.8, 4) is 5.75 Å². The zero-order valence-electron chi connectivity index (χ0n) is 11.7. The lowest BCUT2D eigenvalue weighted by atomic mass is 10.1. The van der Waals surface area contributed by atoms with E-state index < -0.39 is 6.10 Å². The molecule has 0 saturated heterocycles. The molecule has 1 amide bonds. The van der Waals surface area contributed by atoms with Gasteiger partial charge in [0.2, 0.25) is 5.91 Å². The van der Waals surface area contributed by atoms with Gasteiger partial charge in [0.1, 0.15) is 5.75 Å². The molecule has 1 atom stereocenters. The van der Waals surface area contributed by atoms with Crippen LogP contribution >= 0.6 is 0 Å². The summed E-state index contributed by atoms with van der Waals surface area (Å²) in [6, 6.07) is 16.0. The van der Waals surface area contributed by atoms with Gasteiger partial charge in [0.15, 0.2) is 0 Å². The second-order valence-electron chi connectivity index (χ2n) is 4.91. The quantitative estimate of drug-likeness (QED) is 0.762. The Morgan fingerprint density at radius 2 is 1.86 bits per heavy atom. The van der Waals surface area contributed by atoms with Crippen LogP contribution in [0.3, 0.4) is 0 Å². The molecule has 4 heteroatoms. The summed E-state index contributed by atoms with van der Waals surface area (Å²) in [5, 5.41) is 22.1. The van der Waals surface area contributed by atoms with Crippen molar-refractivity contribution >= 4 is 5.91 Å². The fourth-order valence-corrected chi connectivity index (χ4v) is 2.10. The molecule has 0 bridgehead atoms. The highest BCUT2D eigenvalue weighted by atomic mass is 16.3. The molecule has 0 heterocycles. The molecule has 0 aliphatic carbocycles. The van der Waals surface area contributed by atoms with E-state index in [9.17, 15) is 15.0 Å². The molecule has 0 radical (unpaired) electrons. The molecule has 0 aromatic heterocycles. The Bertz CT molecular complexity index is 584. The summed E-state index contributed by atoms with van der Waals surface area (Å²) < 4.78 is 0. The van der Waals surface area contributed by atoms with Gasteiger partial charge in [0.05, 0.1) is 12.5 Å². The highest BCUT2D eigenvalue weighted by molar-refractivity contribution is 5.78. The number of aliphatic hydroxyl groups is 1. The van der Waals surface area contributed by atoms with Crippen LogP contribution in [0.15, 0.2) is 54.6 Å². The summed E-state index contributed by atoms with van der Waals surface area (Å²) in [6.07, 6.45) is 0.110. The fraction of sp³-hybridized carbons (Fsp3) is 0.235. The van der Waals surface area contributed by atoms with Crippen LogP contribution in [-0.2, 0) is 11.2 Å². The lowest BCUT2D eigenvalue weighted by molar-refractivity contribution is -0.120. The van der Waals surface area contributed by atoms with Gasteiger partial charge < -0.3 is 15.5 Å². The van der Waals surface area contributed by atoms with Gasteiger partial charge >= 0.3 is 0 Å². The van der Waals surface area contributed by atoms with Crippen molar-refractivity contribution in [2.45, 2.75) is 18.9 Å². The largest absolute Gasteiger partial charge is 0.508 e. The summed E-state index contributed by atoms with van der Waals surface area (Å²) in [4.78, 5) is 11.8. The van der Waals surface area contributed by atoms with E-state index in [-0.39, 0.29) is 18.1 Å². The summed E-state index contributed by atoms with van der Waals surface area (Å²) in [5.41, 5.74) is 1.61. The zero-order valence-corrected chi connectivity index (χ0v) is 11.7. The number of carbonyl (C=O) groups is 1. The molecule has 4 nitrogen and oxygen atoms in total. The Morgan fingerprint density at radius 1 is 1.10 bits per heavy atom. The third-order valence-electron chi connectivity index (χ3n) is 3.20. The maximum absolute atomic E-state index is 11.8. The predicted molar refractivity (Wildman–Crippen MR) is 80.8 cm³/mol. The van der Waals surface area contributed by atoms with Crippen molar-refractivity contribution in [3.05, 3.63) is 65.7 Å². The first-order valence-electron chi connectivity index (χ1n) is 6.93. The summed E-state index contributed by atoms with van der Waals surface area (Å²) in [5.74, 6) is 0.0284. The Balaban J connectivity index is 1.74. The molecule has 2 rings (SSSR count). The van der Waals surface area contributed by atoms with Gasteiger partial charge in [-0.3, -0.25) is 4.79 Å². The Labute approximate surface area is 124 Å². The van der Waals surface area contributed by atoms with Crippen molar-refractivity contribution in [2.75, 3.05) is 6.54 Å². The Kier molecular flexibility index (Phi) is 5.35. The molecule has 21 heavy (non-hydrogen) atoms. The van der Waals surface area contributed by atoms with Crippen molar-refractivity contribution in [3.63, 3.8) is 0 Å². The van der Waals surface area contributed by atoms with Crippen LogP contribution in [0.1, 0.15) is 23.7 Å². The van der Waals surface area contributed by atoms with E-state index in [0.29, 0.717) is 13.0 Å². The van der Waals surface area contributed by atoms with Crippen molar-refractivity contribution in [1.82, 2.24) is 5.32 Å². The van der Waals surface area contributed by atoms with Crippen LogP contribution in [0.5, 0.6) is 5.75 Å². The monoisotopic (exact) mass is 285 g/mol. The van der Waals surface area contributed by atoms with E-state index in [1.165, 1.54) is 0 Å². The molecule has 0 saturated carbocycles. The van der Waals surface area contributed by atoms with Gasteiger partial charge in [-0.15, -0.1) is 0 Å². The van der Waals surface area contributed by atoms with Crippen molar-refractivity contribution in [2.24, 2.45) is 0 Å². The minimum Gasteiger partial charge on any atom is -0.508 e. The maximum atomic E-state index is 11.8. The first kappa shape index (κ1) is 15.1. The lowest BCUT2D eigenvalue weighted by Gasteiger charge is -2.11. The average Bonchev–Trinajstić information content (AvgIpc) is 2.48. The van der Waals surface area contributed by atoms with Gasteiger partial charge in [0, 0.05) is 6.54 Å². The molecular formula is C17H19NO3. The van der Waals surface area contributed by atoms with E-state index in [1.54, 1.807) is 24.3 Å². The second-order valence-corrected chi connectivity index (χ2v) is 4.91. The summed E-state index contributed by atoms with van der Waals surface area (Å²) >= 11 is 0. The highest BCUT2D eigenvalue weighted by Gasteiger charge is 2.08. The number of benzene rings is 2. The van der Waals surface area contributed by atoms with Crippen molar-refractivity contribution < 1.29 is 15.0 Å². The molecule has 0 spiro atoms. The minimum atomic E-state index is -0.577. The number of carbonyl (C=O) groups excluding carboxylic acids is 1. The molecule has 0 aliphatic heterocycles. The lowest BCUT2D eigenvalue weighted by Crippen LogP contribution is -2.27. The molecule has 2 aromatic rings. The standard InChI is InChI=1S/C17H19NO3/c19-15-8-4-5-13(11-15)12-17(21)18-10-9-16(20)14-6-2-1-3-7-14/h1-8,11,16,19-20H,9-10,12H2,(H,18,21)/t16-/m1/s1. The number of amides is 1. The van der Waals surface area contributed by atoms with Gasteiger partial charge in [-0.25, -0.2) is 0 Å². The van der Waals surface area contributed by atoms with Gasteiger partial charge in [-0.05, 0) is 29.7 Å². The summed E-state index contributed by atoms with van der Waals surface area (Å²) in [6.45, 7) is 0.410. The number of nitrogens with one attached hydrogen (secondary N) is 1. The average molecular weight is 285 g/mol. The third kappa shape index (κ3) is 4.93. The zero-order chi connectivity index (χ0) is 15.1. The van der Waals surface area contributed by atoms with Crippen molar-refractivity contribution in [1.29, 1.82) is 0 Å². The van der Waals surface area contributed by atoms with Crippen LogP contribution in [0.4, 0.5) is 0 Å². The normalized spacial score (nSPS) is 11.9. The SMILES string of the molecule is O=C(Cc1cccc(O)c1)NCC[C@@H](O)c1ccccc1. The Hall–Kier alpha value is -2.33. The first-order chi connectivity index (χ1) is 10.1. The van der Waals surface area contributed by atoms with E-state index >= 15 is 0 Å². The molecule has 0 aliphatic rings. The molecule has 2 aromatic carbocycles. The Morgan fingerprint density at radius 3 is 2.57 bits per heavy atom. The fourth-order valence-electron chi connectivity index (χ4n) is 2.10. The van der Waals surface area contributed by atoms with Gasteiger partial charge in [-0.2, -0.15) is 0 Å². The third-order valence-corrected chi connectivity index (χ3v) is 3.20. The number of rotatable bonds is 6. The molecule has 3 N–H and O–H groups in total. The first-order valence-corrected chi connectivity index (χ1v) is 6.93. The topological polar surface area (TPSA) is 69.6 Å². The molecular weight excluding hydrogens is 266 g/mol. The van der Waals surface area contributed by atoms with E-state index in [2.05, 4.69) is 5.32 Å².